The number of rotatable bonds is 4. The standard InChI is InChI=1S/C20H22ClN5O/c1-25-9-11-26(12-10-25)20-18(14-5-7-22-8-6-14)19(23-24-20)15-3-4-17(27-2)16(21)13-15/h3-8,13H,9-12H2,1-2H3,(H,23,24). The zero-order chi connectivity index (χ0) is 18.8. The van der Waals surface area contributed by atoms with Crippen molar-refractivity contribution in [2.24, 2.45) is 0 Å². The maximum absolute atomic E-state index is 6.36. The lowest BCUT2D eigenvalue weighted by atomic mass is 10.0. The molecule has 4 rings (SSSR count). The number of benzene rings is 1. The average molecular weight is 384 g/mol. The molecule has 1 N–H and O–H groups in total. The Hall–Kier alpha value is -2.57. The van der Waals surface area contributed by atoms with E-state index in [0.717, 1.165) is 54.4 Å². The van der Waals surface area contributed by atoms with Crippen LogP contribution in [-0.2, 0) is 0 Å². The maximum atomic E-state index is 6.36. The highest BCUT2D eigenvalue weighted by atomic mass is 35.5. The SMILES string of the molecule is COc1ccc(-c2[nH]nc(N3CCN(C)CC3)c2-c2ccncc2)cc1Cl. The molecule has 0 saturated carbocycles. The summed E-state index contributed by atoms with van der Waals surface area (Å²) in [5.41, 5.74) is 4.07. The van der Waals surface area contributed by atoms with Crippen molar-refractivity contribution >= 4 is 17.4 Å². The van der Waals surface area contributed by atoms with E-state index in [9.17, 15) is 0 Å². The van der Waals surface area contributed by atoms with Crippen LogP contribution in [0.4, 0.5) is 5.82 Å². The van der Waals surface area contributed by atoms with Gasteiger partial charge in [0.15, 0.2) is 5.82 Å². The molecule has 0 amide bonds. The number of likely N-dealkylation sites (N-methyl/N-ethyl adjacent to an activating group) is 1. The molecule has 2 aromatic heterocycles. The summed E-state index contributed by atoms with van der Waals surface area (Å²) in [6.45, 7) is 3.93. The minimum atomic E-state index is 0.575. The summed E-state index contributed by atoms with van der Waals surface area (Å²) in [6, 6.07) is 9.81. The van der Waals surface area contributed by atoms with Gasteiger partial charge >= 0.3 is 0 Å². The smallest absolute Gasteiger partial charge is 0.159 e. The highest BCUT2D eigenvalue weighted by molar-refractivity contribution is 6.32. The molecule has 3 heterocycles. The van der Waals surface area contributed by atoms with Crippen LogP contribution in [0, 0.1) is 0 Å². The van der Waals surface area contributed by atoms with Crippen LogP contribution in [-0.4, -0.2) is 60.4 Å². The summed E-state index contributed by atoms with van der Waals surface area (Å²) < 4.78 is 5.28. The Kier molecular flexibility index (Phi) is 5.01. The Balaban J connectivity index is 1.81. The molecule has 3 aromatic rings. The van der Waals surface area contributed by atoms with Crippen LogP contribution in [0.2, 0.25) is 5.02 Å². The Morgan fingerprint density at radius 1 is 1.04 bits per heavy atom. The zero-order valence-electron chi connectivity index (χ0n) is 15.4. The van der Waals surface area contributed by atoms with E-state index in [1.807, 2.05) is 30.3 Å². The predicted molar refractivity (Wildman–Crippen MR) is 109 cm³/mol. The minimum absolute atomic E-state index is 0.575. The molecule has 1 aliphatic heterocycles. The first-order valence-electron chi connectivity index (χ1n) is 8.93. The van der Waals surface area contributed by atoms with Crippen LogP contribution < -0.4 is 9.64 Å². The van der Waals surface area contributed by atoms with Gasteiger partial charge in [-0.3, -0.25) is 10.1 Å². The number of aromatic nitrogens is 3. The Labute approximate surface area is 163 Å². The predicted octanol–water partition coefficient (Wildman–Crippen LogP) is 3.55. The summed E-state index contributed by atoms with van der Waals surface area (Å²) in [7, 11) is 3.77. The summed E-state index contributed by atoms with van der Waals surface area (Å²) in [5.74, 6) is 1.63. The number of pyridine rings is 1. The van der Waals surface area contributed by atoms with Gasteiger partial charge in [-0.15, -0.1) is 0 Å². The van der Waals surface area contributed by atoms with Gasteiger partial charge in [-0.2, -0.15) is 5.10 Å². The third-order valence-corrected chi connectivity index (χ3v) is 5.25. The number of anilines is 1. The van der Waals surface area contributed by atoms with E-state index in [1.165, 1.54) is 0 Å². The Bertz CT molecular complexity index is 919. The number of methoxy groups -OCH3 is 1. The van der Waals surface area contributed by atoms with Crippen molar-refractivity contribution in [1.29, 1.82) is 0 Å². The lowest BCUT2D eigenvalue weighted by molar-refractivity contribution is 0.312. The van der Waals surface area contributed by atoms with Crippen molar-refractivity contribution in [2.45, 2.75) is 0 Å². The molecule has 1 fully saturated rings. The average Bonchev–Trinajstić information content (AvgIpc) is 3.14. The fourth-order valence-corrected chi connectivity index (χ4v) is 3.66. The van der Waals surface area contributed by atoms with Gasteiger partial charge in [0.2, 0.25) is 0 Å². The quantitative estimate of drug-likeness (QED) is 0.746. The van der Waals surface area contributed by atoms with Gasteiger partial charge in [0.05, 0.1) is 23.4 Å². The van der Waals surface area contributed by atoms with E-state index < -0.39 is 0 Å². The largest absolute Gasteiger partial charge is 0.495 e. The monoisotopic (exact) mass is 383 g/mol. The van der Waals surface area contributed by atoms with Crippen molar-refractivity contribution in [3.8, 4) is 28.1 Å². The lowest BCUT2D eigenvalue weighted by Gasteiger charge is -2.33. The Morgan fingerprint density at radius 2 is 1.78 bits per heavy atom. The van der Waals surface area contributed by atoms with E-state index >= 15 is 0 Å². The van der Waals surface area contributed by atoms with Crippen LogP contribution in [0.25, 0.3) is 22.4 Å². The van der Waals surface area contributed by atoms with Crippen molar-refractivity contribution in [3.63, 3.8) is 0 Å². The van der Waals surface area contributed by atoms with Gasteiger partial charge in [-0.25, -0.2) is 0 Å². The molecule has 0 aliphatic carbocycles. The van der Waals surface area contributed by atoms with Crippen molar-refractivity contribution in [2.75, 3.05) is 45.2 Å². The maximum Gasteiger partial charge on any atom is 0.159 e. The zero-order valence-corrected chi connectivity index (χ0v) is 16.2. The number of piperazine rings is 1. The van der Waals surface area contributed by atoms with Crippen LogP contribution in [0.3, 0.4) is 0 Å². The molecule has 1 saturated heterocycles. The number of H-pyrrole nitrogens is 1. The number of hydrogen-bond acceptors (Lipinski definition) is 5. The van der Waals surface area contributed by atoms with E-state index in [4.69, 9.17) is 16.3 Å². The first-order valence-corrected chi connectivity index (χ1v) is 9.31. The molecular formula is C20H22ClN5O. The molecule has 0 spiro atoms. The van der Waals surface area contributed by atoms with Gasteiger partial charge in [-0.05, 0) is 42.9 Å². The number of ether oxygens (including phenoxy) is 1. The van der Waals surface area contributed by atoms with Crippen molar-refractivity contribution < 1.29 is 4.74 Å². The fourth-order valence-electron chi connectivity index (χ4n) is 3.40. The normalized spacial score (nSPS) is 15.1. The van der Waals surface area contributed by atoms with Gasteiger partial charge in [0.1, 0.15) is 5.75 Å². The number of nitrogens with zero attached hydrogens (tertiary/aromatic N) is 4. The fraction of sp³-hybridized carbons (Fsp3) is 0.300. The molecule has 1 aliphatic rings. The van der Waals surface area contributed by atoms with Gasteiger partial charge in [0.25, 0.3) is 0 Å². The highest BCUT2D eigenvalue weighted by Gasteiger charge is 2.24. The minimum Gasteiger partial charge on any atom is -0.495 e. The van der Waals surface area contributed by atoms with Crippen molar-refractivity contribution in [1.82, 2.24) is 20.1 Å². The van der Waals surface area contributed by atoms with E-state index in [0.29, 0.717) is 10.8 Å². The second-order valence-electron chi connectivity index (χ2n) is 6.67. The molecule has 0 bridgehead atoms. The molecule has 27 heavy (non-hydrogen) atoms. The summed E-state index contributed by atoms with van der Waals surface area (Å²) in [5, 5.41) is 8.49. The van der Waals surface area contributed by atoms with Crippen LogP contribution in [0.5, 0.6) is 5.75 Å². The Morgan fingerprint density at radius 3 is 2.44 bits per heavy atom. The second-order valence-corrected chi connectivity index (χ2v) is 7.08. The molecule has 7 heteroatoms. The molecule has 6 nitrogen and oxygen atoms in total. The van der Waals surface area contributed by atoms with Crippen LogP contribution in [0.1, 0.15) is 0 Å². The first kappa shape index (κ1) is 17.8. The summed E-state index contributed by atoms with van der Waals surface area (Å²) >= 11 is 6.36. The highest BCUT2D eigenvalue weighted by Crippen LogP contribution is 2.39. The summed E-state index contributed by atoms with van der Waals surface area (Å²) in [6.07, 6.45) is 3.61. The molecule has 0 unspecified atom stereocenters. The number of hydrogen-bond donors (Lipinski definition) is 1. The van der Waals surface area contributed by atoms with Gasteiger partial charge in [0, 0.05) is 44.1 Å². The molecule has 0 atom stereocenters. The van der Waals surface area contributed by atoms with Crippen LogP contribution >= 0.6 is 11.6 Å². The van der Waals surface area contributed by atoms with E-state index in [2.05, 4.69) is 32.0 Å². The third kappa shape index (κ3) is 3.50. The molecule has 0 radical (unpaired) electrons. The molecule has 140 valence electrons. The second kappa shape index (κ2) is 7.58. The van der Waals surface area contributed by atoms with E-state index in [1.54, 1.807) is 19.5 Å². The topological polar surface area (TPSA) is 57.3 Å². The summed E-state index contributed by atoms with van der Waals surface area (Å²) in [4.78, 5) is 8.83. The van der Waals surface area contributed by atoms with Crippen molar-refractivity contribution in [3.05, 3.63) is 47.7 Å². The lowest BCUT2D eigenvalue weighted by Crippen LogP contribution is -2.44. The van der Waals surface area contributed by atoms with Gasteiger partial charge < -0.3 is 14.5 Å². The molecule has 1 aromatic carbocycles. The number of nitrogens with one attached hydrogen (secondary N) is 1. The molecular weight excluding hydrogens is 362 g/mol. The van der Waals surface area contributed by atoms with E-state index in [-0.39, 0.29) is 0 Å². The number of halogens is 1. The number of aromatic amines is 1. The first-order chi connectivity index (χ1) is 13.2. The third-order valence-electron chi connectivity index (χ3n) is 4.96. The van der Waals surface area contributed by atoms with Gasteiger partial charge in [-0.1, -0.05) is 11.6 Å². The van der Waals surface area contributed by atoms with Crippen LogP contribution in [0.15, 0.2) is 42.7 Å².